The van der Waals surface area contributed by atoms with Crippen LogP contribution in [0.15, 0.2) is 23.1 Å². The molecule has 0 saturated carbocycles. The molecule has 0 saturated heterocycles. The molecule has 1 aliphatic heterocycles. The lowest BCUT2D eigenvalue weighted by Gasteiger charge is -2.12. The average molecular weight is 523 g/mol. The minimum absolute atomic E-state index is 0.0308. The van der Waals surface area contributed by atoms with Gasteiger partial charge in [-0.2, -0.15) is 8.42 Å². The van der Waals surface area contributed by atoms with Gasteiger partial charge in [-0.25, -0.2) is 0 Å². The van der Waals surface area contributed by atoms with Crippen molar-refractivity contribution in [1.82, 2.24) is 0 Å². The Kier molecular flexibility index (Phi) is 16.2. The SMILES string of the molecule is CCCCCCCCCCCCCCCCCCCCCCCC1Nc2cccc(S(=O)(=O)O)c2N1. The molecule has 1 unspecified atom stereocenters. The van der Waals surface area contributed by atoms with Crippen LogP contribution in [0.1, 0.15) is 148 Å². The van der Waals surface area contributed by atoms with E-state index in [1.165, 1.54) is 134 Å². The fourth-order valence-corrected chi connectivity index (χ4v) is 6.02. The van der Waals surface area contributed by atoms with Gasteiger partial charge in [-0.3, -0.25) is 4.55 Å². The maximum Gasteiger partial charge on any atom is 0.296 e. The van der Waals surface area contributed by atoms with Crippen LogP contribution in [0.3, 0.4) is 0 Å². The third-order valence-electron chi connectivity index (χ3n) is 7.55. The summed E-state index contributed by atoms with van der Waals surface area (Å²) in [4.78, 5) is -0.0474. The number of nitrogens with one attached hydrogen (secondary N) is 2. The Morgan fingerprint density at radius 1 is 0.639 bits per heavy atom. The molecule has 1 aromatic rings. The molecular formula is C30H54N2O3S. The van der Waals surface area contributed by atoms with E-state index in [-0.39, 0.29) is 11.1 Å². The normalized spacial score (nSPS) is 15.0. The first kappa shape index (κ1) is 31.0. The minimum atomic E-state index is -4.21. The summed E-state index contributed by atoms with van der Waals surface area (Å²) < 4.78 is 32.5. The molecule has 0 bridgehead atoms. The Hall–Kier alpha value is -1.27. The fraction of sp³-hybridized carbons (Fsp3) is 0.800. The maximum absolute atomic E-state index is 11.5. The standard InChI is InChI=1S/C30H54N2O3S/c1-2-3-4-5-6-7-8-9-10-11-12-13-14-15-16-17-18-19-20-21-22-26-29-31-27-24-23-25-28(30(27)32-29)36(33,34)35/h23-25,29,31-32H,2-22,26H2,1H3,(H,33,34,35). The van der Waals surface area contributed by atoms with Gasteiger partial charge in [0.25, 0.3) is 10.1 Å². The van der Waals surface area contributed by atoms with Crippen molar-refractivity contribution in [3.05, 3.63) is 18.2 Å². The van der Waals surface area contributed by atoms with Crippen molar-refractivity contribution in [3.63, 3.8) is 0 Å². The molecule has 208 valence electrons. The van der Waals surface area contributed by atoms with Gasteiger partial charge in [0.15, 0.2) is 0 Å². The number of benzene rings is 1. The minimum Gasteiger partial charge on any atom is -0.364 e. The molecule has 1 atom stereocenters. The van der Waals surface area contributed by atoms with Crippen molar-refractivity contribution >= 4 is 21.5 Å². The summed E-state index contributed by atoms with van der Waals surface area (Å²) in [5.41, 5.74) is 1.24. The van der Waals surface area contributed by atoms with E-state index in [0.29, 0.717) is 5.69 Å². The molecule has 3 N–H and O–H groups in total. The van der Waals surface area contributed by atoms with E-state index in [0.717, 1.165) is 18.5 Å². The second-order valence-corrected chi connectivity index (χ2v) is 12.2. The van der Waals surface area contributed by atoms with E-state index < -0.39 is 10.1 Å². The average Bonchev–Trinajstić information content (AvgIpc) is 3.27. The number of hydrogen-bond donors (Lipinski definition) is 3. The molecular weight excluding hydrogens is 468 g/mol. The molecule has 0 amide bonds. The lowest BCUT2D eigenvalue weighted by molar-refractivity contribution is 0.483. The Balaban J connectivity index is 1.31. The Bertz CT molecular complexity index is 797. The van der Waals surface area contributed by atoms with Gasteiger partial charge in [-0.1, -0.05) is 141 Å². The van der Waals surface area contributed by atoms with Crippen LogP contribution in [-0.2, 0) is 10.1 Å². The molecule has 0 radical (unpaired) electrons. The van der Waals surface area contributed by atoms with Crippen LogP contribution < -0.4 is 10.6 Å². The summed E-state index contributed by atoms with van der Waals surface area (Å²) in [6.07, 6.45) is 30.0. The third-order valence-corrected chi connectivity index (χ3v) is 8.44. The summed E-state index contributed by atoms with van der Waals surface area (Å²) in [5, 5.41) is 6.54. The second-order valence-electron chi connectivity index (χ2n) is 10.9. The van der Waals surface area contributed by atoms with Gasteiger partial charge in [-0.05, 0) is 25.0 Å². The van der Waals surface area contributed by atoms with Gasteiger partial charge >= 0.3 is 0 Å². The van der Waals surface area contributed by atoms with Crippen LogP contribution in [-0.4, -0.2) is 19.1 Å². The number of rotatable bonds is 23. The van der Waals surface area contributed by atoms with Crippen molar-refractivity contribution in [2.45, 2.75) is 159 Å². The van der Waals surface area contributed by atoms with E-state index in [9.17, 15) is 13.0 Å². The van der Waals surface area contributed by atoms with Crippen molar-refractivity contribution in [3.8, 4) is 0 Å². The highest BCUT2D eigenvalue weighted by molar-refractivity contribution is 7.86. The van der Waals surface area contributed by atoms with Crippen LogP contribution in [0.5, 0.6) is 0 Å². The molecule has 1 heterocycles. The fourth-order valence-electron chi connectivity index (χ4n) is 5.34. The second kappa shape index (κ2) is 18.9. The summed E-state index contributed by atoms with van der Waals surface area (Å²) >= 11 is 0. The first-order chi connectivity index (χ1) is 17.5. The number of unbranched alkanes of at least 4 members (excludes halogenated alkanes) is 20. The Labute approximate surface area is 222 Å². The topological polar surface area (TPSA) is 78.4 Å². The first-order valence-corrected chi connectivity index (χ1v) is 16.6. The largest absolute Gasteiger partial charge is 0.364 e. The lowest BCUT2D eigenvalue weighted by atomic mass is 10.0. The van der Waals surface area contributed by atoms with Gasteiger partial charge in [0.1, 0.15) is 4.90 Å². The summed E-state index contributed by atoms with van der Waals surface area (Å²) in [5.74, 6) is 0. The predicted octanol–water partition coefficient (Wildman–Crippen LogP) is 9.70. The molecule has 36 heavy (non-hydrogen) atoms. The highest BCUT2D eigenvalue weighted by Crippen LogP contribution is 2.36. The van der Waals surface area contributed by atoms with Crippen LogP contribution in [0, 0.1) is 0 Å². The van der Waals surface area contributed by atoms with Crippen LogP contribution >= 0.6 is 0 Å². The van der Waals surface area contributed by atoms with Crippen molar-refractivity contribution < 1.29 is 13.0 Å². The smallest absolute Gasteiger partial charge is 0.296 e. The summed E-state index contributed by atoms with van der Waals surface area (Å²) in [7, 11) is -4.21. The Morgan fingerprint density at radius 2 is 1.06 bits per heavy atom. The summed E-state index contributed by atoms with van der Waals surface area (Å²) in [6, 6.07) is 4.93. The van der Waals surface area contributed by atoms with Gasteiger partial charge in [-0.15, -0.1) is 0 Å². The predicted molar refractivity (Wildman–Crippen MR) is 155 cm³/mol. The first-order valence-electron chi connectivity index (χ1n) is 15.2. The molecule has 1 aromatic carbocycles. The molecule has 5 nitrogen and oxygen atoms in total. The lowest BCUT2D eigenvalue weighted by Crippen LogP contribution is -2.22. The molecule has 1 aliphatic rings. The highest BCUT2D eigenvalue weighted by Gasteiger charge is 2.26. The molecule has 0 aromatic heterocycles. The highest BCUT2D eigenvalue weighted by atomic mass is 32.2. The van der Waals surface area contributed by atoms with Crippen LogP contribution in [0.2, 0.25) is 0 Å². The van der Waals surface area contributed by atoms with Gasteiger partial charge < -0.3 is 10.6 Å². The number of hydrogen-bond acceptors (Lipinski definition) is 4. The van der Waals surface area contributed by atoms with Gasteiger partial charge in [0, 0.05) is 0 Å². The number of fused-ring (bicyclic) bond motifs is 1. The zero-order valence-corrected chi connectivity index (χ0v) is 23.9. The Morgan fingerprint density at radius 3 is 1.47 bits per heavy atom. The van der Waals surface area contributed by atoms with Crippen molar-refractivity contribution in [2.75, 3.05) is 10.6 Å². The zero-order valence-electron chi connectivity index (χ0n) is 23.0. The van der Waals surface area contributed by atoms with Crippen molar-refractivity contribution in [1.29, 1.82) is 0 Å². The zero-order chi connectivity index (χ0) is 25.9. The monoisotopic (exact) mass is 522 g/mol. The van der Waals surface area contributed by atoms with Gasteiger partial charge in [0.05, 0.1) is 17.5 Å². The molecule has 2 rings (SSSR count). The molecule has 6 heteroatoms. The third kappa shape index (κ3) is 13.3. The van der Waals surface area contributed by atoms with E-state index in [4.69, 9.17) is 0 Å². The molecule has 0 fully saturated rings. The van der Waals surface area contributed by atoms with Crippen LogP contribution in [0.4, 0.5) is 11.4 Å². The van der Waals surface area contributed by atoms with E-state index in [2.05, 4.69) is 17.6 Å². The van der Waals surface area contributed by atoms with Crippen molar-refractivity contribution in [2.24, 2.45) is 0 Å². The molecule has 0 aliphatic carbocycles. The summed E-state index contributed by atoms with van der Waals surface area (Å²) in [6.45, 7) is 2.29. The van der Waals surface area contributed by atoms with E-state index in [1.54, 1.807) is 6.07 Å². The van der Waals surface area contributed by atoms with Gasteiger partial charge in [0.2, 0.25) is 0 Å². The number of para-hydroxylation sites is 1. The maximum atomic E-state index is 11.5. The number of anilines is 2. The van der Waals surface area contributed by atoms with E-state index >= 15 is 0 Å². The molecule has 0 spiro atoms. The van der Waals surface area contributed by atoms with E-state index in [1.807, 2.05) is 6.07 Å². The quantitative estimate of drug-likeness (QED) is 0.0984. The van der Waals surface area contributed by atoms with Crippen LogP contribution in [0.25, 0.3) is 0 Å².